The van der Waals surface area contributed by atoms with Gasteiger partial charge in [-0.3, -0.25) is 9.13 Å². The zero-order chi connectivity index (χ0) is 24.4. The average Bonchev–Trinajstić information content (AvgIpc) is 3.16. The Labute approximate surface area is 201 Å². The fourth-order valence-electron chi connectivity index (χ4n) is 4.53. The molecule has 0 amide bonds. The van der Waals surface area contributed by atoms with Crippen molar-refractivity contribution in [2.24, 2.45) is 0 Å². The van der Waals surface area contributed by atoms with Gasteiger partial charge in [0.15, 0.2) is 11.5 Å². The second-order valence-electron chi connectivity index (χ2n) is 8.37. The predicted molar refractivity (Wildman–Crippen MR) is 133 cm³/mol. The van der Waals surface area contributed by atoms with Crippen LogP contribution in [0.25, 0.3) is 16.9 Å². The van der Waals surface area contributed by atoms with Crippen molar-refractivity contribution in [2.75, 3.05) is 31.2 Å². The van der Waals surface area contributed by atoms with Crippen molar-refractivity contribution in [1.29, 1.82) is 0 Å². The quantitative estimate of drug-likeness (QED) is 0.437. The van der Waals surface area contributed by atoms with Crippen molar-refractivity contribution in [2.45, 2.75) is 18.9 Å². The number of halogens is 1. The van der Waals surface area contributed by atoms with E-state index in [1.54, 1.807) is 35.0 Å². The van der Waals surface area contributed by atoms with Gasteiger partial charge in [-0.05, 0) is 61.5 Å². The molecular weight excluding hydrogens is 449 g/mol. The second kappa shape index (κ2) is 9.49. The summed E-state index contributed by atoms with van der Waals surface area (Å²) in [5, 5.41) is 0. The number of nitrogens with zero attached hydrogens (tertiary/aromatic N) is 5. The van der Waals surface area contributed by atoms with E-state index in [1.807, 2.05) is 35.2 Å². The van der Waals surface area contributed by atoms with E-state index in [0.29, 0.717) is 34.9 Å². The number of hydrogen-bond donors (Lipinski definition) is 2. The molecule has 5 rings (SSSR count). The summed E-state index contributed by atoms with van der Waals surface area (Å²) >= 11 is 0. The lowest BCUT2D eigenvalue weighted by molar-refractivity contribution is 0.234. The van der Waals surface area contributed by atoms with Crippen LogP contribution >= 0.6 is 0 Å². The lowest BCUT2D eigenvalue weighted by Crippen LogP contribution is -2.37. The van der Waals surface area contributed by atoms with Gasteiger partial charge in [0.2, 0.25) is 5.95 Å². The van der Waals surface area contributed by atoms with E-state index < -0.39 is 6.67 Å². The molecule has 2 aromatic heterocycles. The van der Waals surface area contributed by atoms with Gasteiger partial charge in [0.25, 0.3) is 0 Å². The Balaban J connectivity index is 1.57. The fraction of sp³-hybridized carbons (Fsp3) is 0.240. The third kappa shape index (κ3) is 4.42. The summed E-state index contributed by atoms with van der Waals surface area (Å²) in [6.07, 6.45) is 4.82. The van der Waals surface area contributed by atoms with Gasteiger partial charge in [-0.2, -0.15) is 9.97 Å². The van der Waals surface area contributed by atoms with E-state index in [2.05, 4.69) is 9.97 Å². The standard InChI is InChI=1S/C25H26FN7O2/c26-13-5-15-31-14-4-6-18(16-31)33-23-21(22(27)29-24(28)30-23)32(25(33)34)17-9-11-20(12-10-17)35-19-7-2-1-3-8-19/h1-3,5,7-12,15,18H,4,6,13-14,16H2,(H4,27,28,29,30). The topological polar surface area (TPSA) is 117 Å². The van der Waals surface area contributed by atoms with E-state index >= 15 is 0 Å². The second-order valence-corrected chi connectivity index (χ2v) is 8.37. The number of piperidine rings is 1. The van der Waals surface area contributed by atoms with Crippen LogP contribution in [0.4, 0.5) is 16.2 Å². The molecule has 4 N–H and O–H groups in total. The minimum absolute atomic E-state index is 0.00232. The van der Waals surface area contributed by atoms with Crippen LogP contribution in [0, 0.1) is 0 Å². The van der Waals surface area contributed by atoms with Crippen molar-refractivity contribution in [3.05, 3.63) is 77.4 Å². The molecule has 1 fully saturated rings. The number of nitrogen functional groups attached to an aromatic ring is 2. The largest absolute Gasteiger partial charge is 0.457 e. The Morgan fingerprint density at radius 1 is 1.06 bits per heavy atom. The molecule has 10 heteroatoms. The molecule has 0 saturated carbocycles. The van der Waals surface area contributed by atoms with Crippen LogP contribution in [0.2, 0.25) is 0 Å². The summed E-state index contributed by atoms with van der Waals surface area (Å²) in [7, 11) is 0. The molecule has 9 nitrogen and oxygen atoms in total. The number of hydrogen-bond acceptors (Lipinski definition) is 7. The first-order valence-corrected chi connectivity index (χ1v) is 11.4. The zero-order valence-corrected chi connectivity index (χ0v) is 19.0. The first-order chi connectivity index (χ1) is 17.0. The number of allylic oxidation sites excluding steroid dienone is 1. The molecule has 4 aromatic rings. The van der Waals surface area contributed by atoms with E-state index in [9.17, 15) is 9.18 Å². The highest BCUT2D eigenvalue weighted by Crippen LogP contribution is 2.29. The molecule has 0 spiro atoms. The van der Waals surface area contributed by atoms with Gasteiger partial charge in [-0.1, -0.05) is 18.2 Å². The highest BCUT2D eigenvalue weighted by Gasteiger charge is 2.28. The number of imidazole rings is 1. The van der Waals surface area contributed by atoms with Crippen LogP contribution < -0.4 is 21.9 Å². The molecule has 0 bridgehead atoms. The summed E-state index contributed by atoms with van der Waals surface area (Å²) in [6.45, 7) is 0.802. The van der Waals surface area contributed by atoms with Gasteiger partial charge in [-0.15, -0.1) is 0 Å². The smallest absolute Gasteiger partial charge is 0.335 e. The van der Waals surface area contributed by atoms with Crippen LogP contribution in [0.1, 0.15) is 18.9 Å². The third-order valence-electron chi connectivity index (χ3n) is 6.03. The van der Waals surface area contributed by atoms with Gasteiger partial charge in [-0.25, -0.2) is 9.18 Å². The summed E-state index contributed by atoms with van der Waals surface area (Å²) < 4.78 is 21.7. The Morgan fingerprint density at radius 2 is 1.80 bits per heavy atom. The Kier molecular flexibility index (Phi) is 6.09. The maximum atomic E-state index is 13.8. The van der Waals surface area contributed by atoms with Crippen LogP contribution in [0.5, 0.6) is 11.5 Å². The SMILES string of the molecule is Nc1nc(N)c2c(n1)n(C1CCCN(C=CCF)C1)c(=O)n2-c1ccc(Oc2ccccc2)cc1. The molecule has 1 saturated heterocycles. The van der Waals surface area contributed by atoms with Crippen LogP contribution in [-0.4, -0.2) is 43.8 Å². The monoisotopic (exact) mass is 475 g/mol. The number of fused-ring (bicyclic) bond motifs is 1. The molecule has 1 aliphatic rings. The molecule has 1 aliphatic heterocycles. The Bertz CT molecular complexity index is 1410. The lowest BCUT2D eigenvalue weighted by atomic mass is 10.1. The molecule has 1 atom stereocenters. The minimum atomic E-state index is -0.537. The fourth-order valence-corrected chi connectivity index (χ4v) is 4.53. The number of aromatic nitrogens is 4. The number of anilines is 2. The van der Waals surface area contributed by atoms with Crippen LogP contribution in [0.3, 0.4) is 0 Å². The molecule has 3 heterocycles. The van der Waals surface area contributed by atoms with E-state index in [0.717, 1.165) is 19.4 Å². The zero-order valence-electron chi connectivity index (χ0n) is 19.0. The number of benzene rings is 2. The predicted octanol–water partition coefficient (Wildman–Crippen LogP) is 3.66. The molecular formula is C25H26FN7O2. The molecule has 0 aliphatic carbocycles. The van der Waals surface area contributed by atoms with Crippen LogP contribution in [-0.2, 0) is 0 Å². The molecule has 180 valence electrons. The van der Waals surface area contributed by atoms with Gasteiger partial charge in [0.05, 0.1) is 11.7 Å². The highest BCUT2D eigenvalue weighted by molar-refractivity contribution is 5.85. The summed E-state index contributed by atoms with van der Waals surface area (Å²) in [5.41, 5.74) is 13.2. The van der Waals surface area contributed by atoms with Crippen molar-refractivity contribution in [1.82, 2.24) is 24.0 Å². The van der Waals surface area contributed by atoms with Crippen molar-refractivity contribution >= 4 is 22.9 Å². The summed E-state index contributed by atoms with van der Waals surface area (Å²) in [6, 6.07) is 16.4. The number of likely N-dealkylation sites (tertiary alicyclic amines) is 1. The lowest BCUT2D eigenvalue weighted by Gasteiger charge is -2.32. The van der Waals surface area contributed by atoms with Crippen molar-refractivity contribution in [3.63, 3.8) is 0 Å². The summed E-state index contributed by atoms with van der Waals surface area (Å²) in [4.78, 5) is 24.3. The van der Waals surface area contributed by atoms with Gasteiger partial charge < -0.3 is 21.1 Å². The average molecular weight is 476 g/mol. The maximum Gasteiger partial charge on any atom is 0.335 e. The molecule has 1 unspecified atom stereocenters. The van der Waals surface area contributed by atoms with E-state index in [-0.39, 0.29) is 23.5 Å². The van der Waals surface area contributed by atoms with Crippen molar-refractivity contribution in [3.8, 4) is 17.2 Å². The van der Waals surface area contributed by atoms with E-state index in [4.69, 9.17) is 16.2 Å². The number of ether oxygens (including phenoxy) is 1. The van der Waals surface area contributed by atoms with E-state index in [1.165, 1.54) is 10.6 Å². The van der Waals surface area contributed by atoms with Gasteiger partial charge >= 0.3 is 5.69 Å². The molecule has 2 aromatic carbocycles. The number of rotatable bonds is 6. The maximum absolute atomic E-state index is 13.8. The Morgan fingerprint density at radius 3 is 2.54 bits per heavy atom. The number of alkyl halides is 1. The van der Waals surface area contributed by atoms with Gasteiger partial charge in [0, 0.05) is 13.1 Å². The number of para-hydroxylation sites is 1. The molecule has 0 radical (unpaired) electrons. The van der Waals surface area contributed by atoms with Gasteiger partial charge in [0.1, 0.15) is 23.7 Å². The third-order valence-corrected chi connectivity index (χ3v) is 6.03. The first-order valence-electron chi connectivity index (χ1n) is 11.4. The van der Waals surface area contributed by atoms with Crippen LogP contribution in [0.15, 0.2) is 71.7 Å². The molecule has 35 heavy (non-hydrogen) atoms. The highest BCUT2D eigenvalue weighted by atomic mass is 19.1. The first kappa shape index (κ1) is 22.5. The van der Waals surface area contributed by atoms with Crippen molar-refractivity contribution < 1.29 is 9.13 Å². The summed E-state index contributed by atoms with van der Waals surface area (Å²) in [5.74, 6) is 1.47. The minimum Gasteiger partial charge on any atom is -0.457 e. The Hall–Kier alpha value is -4.34. The normalized spacial score (nSPS) is 16.3. The number of nitrogens with two attached hydrogens (primary N) is 2.